The molecule has 0 atom stereocenters. The van der Waals surface area contributed by atoms with Gasteiger partial charge in [-0.25, -0.2) is 0 Å². The van der Waals surface area contributed by atoms with Gasteiger partial charge in [0, 0.05) is 17.7 Å². The lowest BCUT2D eigenvalue weighted by Gasteiger charge is -2.08. The molecule has 0 aliphatic heterocycles. The Balaban J connectivity index is 1.64. The molecule has 0 radical (unpaired) electrons. The minimum absolute atomic E-state index is 0.0168. The van der Waals surface area contributed by atoms with E-state index in [-0.39, 0.29) is 24.0 Å². The highest BCUT2D eigenvalue weighted by Gasteiger charge is 2.17. The second kappa shape index (κ2) is 7.81. The molecule has 0 saturated heterocycles. The number of phenols is 1. The minimum atomic E-state index is -2.84. The van der Waals surface area contributed by atoms with Crippen LogP contribution >= 0.6 is 0 Å². The smallest absolute Gasteiger partial charge is 0.315 e. The fourth-order valence-corrected chi connectivity index (χ4v) is 2.34. The summed E-state index contributed by atoms with van der Waals surface area (Å²) in [6.07, 6.45) is -2.84. The van der Waals surface area contributed by atoms with Crippen LogP contribution in [0.15, 0.2) is 47.0 Å². The maximum absolute atomic E-state index is 12.5. The van der Waals surface area contributed by atoms with E-state index in [0.717, 1.165) is 0 Å². The summed E-state index contributed by atoms with van der Waals surface area (Å²) in [5, 5.41) is 15.9. The van der Waals surface area contributed by atoms with Crippen LogP contribution in [0.4, 0.5) is 8.78 Å². The molecule has 0 spiro atoms. The Hall–Kier alpha value is -3.49. The third kappa shape index (κ3) is 4.20. The summed E-state index contributed by atoms with van der Waals surface area (Å²) >= 11 is 0. The van der Waals surface area contributed by atoms with Gasteiger partial charge in [-0.1, -0.05) is 23.4 Å². The van der Waals surface area contributed by atoms with Gasteiger partial charge in [0.25, 0.3) is 11.8 Å². The molecule has 3 aromatic rings. The van der Waals surface area contributed by atoms with Crippen molar-refractivity contribution in [2.45, 2.75) is 13.0 Å². The van der Waals surface area contributed by atoms with Gasteiger partial charge in [0.05, 0.1) is 7.11 Å². The van der Waals surface area contributed by atoms with Crippen molar-refractivity contribution < 1.29 is 27.9 Å². The molecule has 27 heavy (non-hydrogen) atoms. The summed E-state index contributed by atoms with van der Waals surface area (Å²) in [6, 6.07) is 10.9. The molecule has 0 unspecified atom stereocenters. The van der Waals surface area contributed by atoms with Crippen molar-refractivity contribution in [3.63, 3.8) is 0 Å². The zero-order valence-electron chi connectivity index (χ0n) is 14.1. The Morgan fingerprint density at radius 3 is 2.59 bits per heavy atom. The average Bonchev–Trinajstić information content (AvgIpc) is 3.17. The first-order valence-electron chi connectivity index (χ1n) is 7.84. The molecule has 2 aromatic carbocycles. The molecule has 0 aliphatic rings. The summed E-state index contributed by atoms with van der Waals surface area (Å²) in [5.41, 5.74) is 1.51. The molecule has 7 nitrogen and oxygen atoms in total. The van der Waals surface area contributed by atoms with Crippen molar-refractivity contribution in [3.8, 4) is 22.9 Å². The van der Waals surface area contributed by atoms with Crippen LogP contribution in [0.3, 0.4) is 0 Å². The number of methoxy groups -OCH3 is 1. The van der Waals surface area contributed by atoms with Gasteiger partial charge >= 0.3 is 6.43 Å². The summed E-state index contributed by atoms with van der Waals surface area (Å²) in [7, 11) is 1.45. The maximum atomic E-state index is 12.5. The Kier molecular flexibility index (Phi) is 5.30. The van der Waals surface area contributed by atoms with Gasteiger partial charge in [-0.15, -0.1) is 0 Å². The van der Waals surface area contributed by atoms with Crippen molar-refractivity contribution in [1.82, 2.24) is 15.5 Å². The first-order chi connectivity index (χ1) is 13.0. The molecule has 0 aliphatic carbocycles. The molecule has 9 heteroatoms. The predicted octanol–water partition coefficient (Wildman–Crippen LogP) is 3.32. The molecule has 1 aromatic heterocycles. The second-order valence-corrected chi connectivity index (χ2v) is 5.52. The summed E-state index contributed by atoms with van der Waals surface area (Å²) in [5.74, 6) is -0.743. The maximum Gasteiger partial charge on any atom is 0.315 e. The number of phenolic OH excluding ortho intramolecular Hbond substituents is 1. The molecule has 140 valence electrons. The number of halogens is 2. The van der Waals surface area contributed by atoms with Crippen molar-refractivity contribution in [3.05, 3.63) is 59.5 Å². The van der Waals surface area contributed by atoms with Gasteiger partial charge in [-0.3, -0.25) is 4.79 Å². The normalized spacial score (nSPS) is 10.8. The van der Waals surface area contributed by atoms with Gasteiger partial charge in [0.15, 0.2) is 11.5 Å². The van der Waals surface area contributed by atoms with Crippen LogP contribution in [0.5, 0.6) is 11.5 Å². The van der Waals surface area contributed by atoms with Gasteiger partial charge in [0.1, 0.15) is 0 Å². The standard InChI is InChI=1S/C18H15F2N3O4/c1-26-14-7-2-10(8-13(14)24)9-21-17(25)12-5-3-11(4-6-12)16-22-18(15(19)20)27-23-16/h2-8,15,24H,9H2,1H3,(H,21,25). The Labute approximate surface area is 152 Å². The van der Waals surface area contributed by atoms with Crippen LogP contribution < -0.4 is 10.1 Å². The fraction of sp³-hybridized carbons (Fsp3) is 0.167. The third-order valence-electron chi connectivity index (χ3n) is 3.73. The van der Waals surface area contributed by atoms with Crippen molar-refractivity contribution in [1.29, 1.82) is 0 Å². The van der Waals surface area contributed by atoms with Crippen LogP contribution in [0.1, 0.15) is 28.2 Å². The number of amides is 1. The van der Waals surface area contributed by atoms with Crippen LogP contribution in [0, 0.1) is 0 Å². The number of ether oxygens (including phenoxy) is 1. The van der Waals surface area contributed by atoms with Crippen molar-refractivity contribution in [2.24, 2.45) is 0 Å². The number of alkyl halides is 2. The number of benzene rings is 2. The number of carbonyl (C=O) groups excluding carboxylic acids is 1. The summed E-state index contributed by atoms with van der Waals surface area (Å²) in [4.78, 5) is 15.8. The van der Waals surface area contributed by atoms with E-state index in [2.05, 4.69) is 20.0 Å². The van der Waals surface area contributed by atoms with Crippen molar-refractivity contribution in [2.75, 3.05) is 7.11 Å². The quantitative estimate of drug-likeness (QED) is 0.686. The topological polar surface area (TPSA) is 97.5 Å². The molecule has 1 amide bonds. The van der Waals surface area contributed by atoms with Gasteiger partial charge in [-0.05, 0) is 29.8 Å². The molecule has 0 bridgehead atoms. The number of nitrogens with one attached hydrogen (secondary N) is 1. The Morgan fingerprint density at radius 2 is 2.00 bits per heavy atom. The van der Waals surface area contributed by atoms with E-state index in [1.165, 1.54) is 37.4 Å². The van der Waals surface area contributed by atoms with E-state index in [4.69, 9.17) is 4.74 Å². The lowest BCUT2D eigenvalue weighted by Crippen LogP contribution is -2.22. The highest BCUT2D eigenvalue weighted by atomic mass is 19.3. The molecular weight excluding hydrogens is 360 g/mol. The zero-order valence-corrected chi connectivity index (χ0v) is 14.1. The first-order valence-corrected chi connectivity index (χ1v) is 7.84. The largest absolute Gasteiger partial charge is 0.504 e. The van der Waals surface area contributed by atoms with Crippen molar-refractivity contribution >= 4 is 5.91 Å². The van der Waals surface area contributed by atoms with E-state index in [9.17, 15) is 18.7 Å². The summed E-state index contributed by atoms with van der Waals surface area (Å²) < 4.78 is 34.4. The molecular formula is C18H15F2N3O4. The molecule has 1 heterocycles. The predicted molar refractivity (Wildman–Crippen MR) is 90.5 cm³/mol. The number of hydrogen-bond acceptors (Lipinski definition) is 6. The second-order valence-electron chi connectivity index (χ2n) is 5.52. The van der Waals surface area contributed by atoms with Crippen LogP contribution in [0.2, 0.25) is 0 Å². The van der Waals surface area contributed by atoms with E-state index in [1.54, 1.807) is 12.1 Å². The number of hydrogen-bond donors (Lipinski definition) is 2. The Bertz CT molecular complexity index is 942. The molecule has 0 saturated carbocycles. The number of aromatic nitrogens is 2. The minimum Gasteiger partial charge on any atom is -0.504 e. The van der Waals surface area contributed by atoms with Crippen LogP contribution in [-0.2, 0) is 6.54 Å². The lowest BCUT2D eigenvalue weighted by atomic mass is 10.1. The average molecular weight is 375 g/mol. The monoisotopic (exact) mass is 375 g/mol. The highest BCUT2D eigenvalue weighted by molar-refractivity contribution is 5.94. The number of nitrogens with zero attached hydrogens (tertiary/aromatic N) is 2. The number of aromatic hydroxyl groups is 1. The summed E-state index contributed by atoms with van der Waals surface area (Å²) in [6.45, 7) is 0.209. The van der Waals surface area contributed by atoms with Gasteiger partial charge in [-0.2, -0.15) is 13.8 Å². The van der Waals surface area contributed by atoms with Gasteiger partial charge < -0.3 is 19.7 Å². The number of carbonyl (C=O) groups is 1. The van der Waals surface area contributed by atoms with E-state index in [0.29, 0.717) is 22.4 Å². The lowest BCUT2D eigenvalue weighted by molar-refractivity contribution is 0.0950. The zero-order chi connectivity index (χ0) is 19.4. The molecule has 2 N–H and O–H groups in total. The van der Waals surface area contributed by atoms with E-state index in [1.807, 2.05) is 0 Å². The van der Waals surface area contributed by atoms with Crippen LogP contribution in [-0.4, -0.2) is 28.3 Å². The number of rotatable bonds is 6. The van der Waals surface area contributed by atoms with E-state index >= 15 is 0 Å². The molecule has 0 fully saturated rings. The Morgan fingerprint density at radius 1 is 1.26 bits per heavy atom. The third-order valence-corrected chi connectivity index (χ3v) is 3.73. The fourth-order valence-electron chi connectivity index (χ4n) is 2.34. The van der Waals surface area contributed by atoms with Crippen LogP contribution in [0.25, 0.3) is 11.4 Å². The molecule has 3 rings (SSSR count). The SMILES string of the molecule is COc1ccc(CNC(=O)c2ccc(-c3noc(C(F)F)n3)cc2)cc1O. The highest BCUT2D eigenvalue weighted by Crippen LogP contribution is 2.26. The first kappa shape index (κ1) is 18.3. The van der Waals surface area contributed by atoms with Gasteiger partial charge in [0.2, 0.25) is 5.82 Å². The van der Waals surface area contributed by atoms with E-state index < -0.39 is 12.3 Å².